The molecule has 1 unspecified atom stereocenters. The van der Waals surface area contributed by atoms with Crippen LogP contribution in [-0.2, 0) is 24.2 Å². The van der Waals surface area contributed by atoms with Crippen LogP contribution in [0.3, 0.4) is 0 Å². The van der Waals surface area contributed by atoms with E-state index < -0.39 is 0 Å². The number of aryl methyl sites for hydroxylation is 2. The molecule has 4 rings (SSSR count). The summed E-state index contributed by atoms with van der Waals surface area (Å²) in [6.45, 7) is 2.90. The van der Waals surface area contributed by atoms with E-state index in [9.17, 15) is 4.79 Å². The summed E-state index contributed by atoms with van der Waals surface area (Å²) in [5.41, 5.74) is 3.88. The summed E-state index contributed by atoms with van der Waals surface area (Å²) in [4.78, 5) is 12.0. The first-order chi connectivity index (χ1) is 13.2. The Hall–Kier alpha value is -2.34. The Kier molecular flexibility index (Phi) is 5.16. The number of amides is 1. The van der Waals surface area contributed by atoms with Gasteiger partial charge >= 0.3 is 0 Å². The molecule has 1 fully saturated rings. The van der Waals surface area contributed by atoms with Gasteiger partial charge in [-0.15, -0.1) is 0 Å². The monoisotopic (exact) mass is 368 g/mol. The normalized spacial score (nSPS) is 25.0. The van der Waals surface area contributed by atoms with Gasteiger partial charge in [-0.3, -0.25) is 9.48 Å². The lowest BCUT2D eigenvalue weighted by Gasteiger charge is -2.37. The second-order valence-electron chi connectivity index (χ2n) is 7.56. The zero-order valence-corrected chi connectivity index (χ0v) is 16.1. The number of nitrogens with one attached hydrogen (secondary N) is 2. The molecule has 0 spiro atoms. The van der Waals surface area contributed by atoms with Crippen LogP contribution in [0, 0.1) is 0 Å². The smallest absolute Gasteiger partial charge is 0.220 e. The van der Waals surface area contributed by atoms with E-state index in [0.717, 1.165) is 43.5 Å². The third kappa shape index (κ3) is 3.86. The molecule has 2 aromatic rings. The van der Waals surface area contributed by atoms with Gasteiger partial charge in [-0.1, -0.05) is 6.07 Å². The molecule has 2 heterocycles. The van der Waals surface area contributed by atoms with Crippen LogP contribution in [0.2, 0.25) is 0 Å². The van der Waals surface area contributed by atoms with Crippen molar-refractivity contribution < 1.29 is 9.53 Å². The number of piperidine rings is 1. The van der Waals surface area contributed by atoms with Crippen molar-refractivity contribution in [2.45, 2.75) is 63.7 Å². The summed E-state index contributed by atoms with van der Waals surface area (Å²) in [6.07, 6.45) is 8.56. The molecule has 2 aliphatic rings. The third-order valence-electron chi connectivity index (χ3n) is 5.83. The average Bonchev–Trinajstić information content (AvgIpc) is 3.18. The molecule has 1 aromatic heterocycles. The summed E-state index contributed by atoms with van der Waals surface area (Å²) in [5, 5.41) is 11.4. The molecule has 6 heteroatoms. The second-order valence-corrected chi connectivity index (χ2v) is 7.56. The first-order valence-corrected chi connectivity index (χ1v) is 9.90. The number of nitrogens with zero attached hydrogens (tertiary/aromatic N) is 2. The fraction of sp³-hybridized carbons (Fsp3) is 0.524. The predicted octanol–water partition coefficient (Wildman–Crippen LogP) is 2.38. The quantitative estimate of drug-likeness (QED) is 0.850. The van der Waals surface area contributed by atoms with Gasteiger partial charge in [0.2, 0.25) is 5.91 Å². The highest BCUT2D eigenvalue weighted by Gasteiger charge is 2.33. The van der Waals surface area contributed by atoms with Crippen molar-refractivity contribution in [3.05, 3.63) is 47.3 Å². The molecular weight excluding hydrogens is 340 g/mol. The molecule has 0 bridgehead atoms. The third-order valence-corrected chi connectivity index (χ3v) is 5.83. The van der Waals surface area contributed by atoms with E-state index in [0.29, 0.717) is 12.5 Å². The maximum atomic E-state index is 12.0. The molecule has 144 valence electrons. The van der Waals surface area contributed by atoms with Gasteiger partial charge in [-0.05, 0) is 55.9 Å². The van der Waals surface area contributed by atoms with Crippen LogP contribution < -0.4 is 15.4 Å². The van der Waals surface area contributed by atoms with Crippen molar-refractivity contribution in [1.82, 2.24) is 20.4 Å². The predicted molar refractivity (Wildman–Crippen MR) is 104 cm³/mol. The molecule has 1 aromatic carbocycles. The van der Waals surface area contributed by atoms with Gasteiger partial charge in [-0.25, -0.2) is 0 Å². The van der Waals surface area contributed by atoms with E-state index in [1.807, 2.05) is 23.1 Å². The Morgan fingerprint density at radius 1 is 1.30 bits per heavy atom. The van der Waals surface area contributed by atoms with Crippen LogP contribution in [0.25, 0.3) is 0 Å². The lowest BCUT2D eigenvalue weighted by molar-refractivity contribution is -0.124. The summed E-state index contributed by atoms with van der Waals surface area (Å²) in [6, 6.07) is 7.02. The number of benzene rings is 1. The van der Waals surface area contributed by atoms with Gasteiger partial charge in [0, 0.05) is 36.8 Å². The number of methoxy groups -OCH3 is 1. The van der Waals surface area contributed by atoms with E-state index in [2.05, 4.69) is 34.8 Å². The highest BCUT2D eigenvalue weighted by molar-refractivity contribution is 5.77. The number of rotatable bonds is 5. The van der Waals surface area contributed by atoms with Crippen LogP contribution in [0.1, 0.15) is 48.9 Å². The van der Waals surface area contributed by atoms with Gasteiger partial charge in [0.1, 0.15) is 5.75 Å². The summed E-state index contributed by atoms with van der Waals surface area (Å²) in [5.74, 6) is 1.05. The standard InChI is InChI=1S/C21H28N4O2/c1-3-25-13-16(12-22-25)21-19(8-9-20(26)24-21)23-17-6-4-14-5-7-18(27-2)11-15(14)10-17/h5,7,11-13,17,19,21,23H,3-4,6,8-10H2,1-2H3,(H,24,26)/t17?,19-,21+/m1/s1. The highest BCUT2D eigenvalue weighted by Crippen LogP contribution is 2.29. The molecule has 2 N–H and O–H groups in total. The number of carbonyl (C=O) groups excluding carboxylic acids is 1. The zero-order chi connectivity index (χ0) is 18.8. The Labute approximate surface area is 160 Å². The molecule has 0 saturated carbocycles. The second kappa shape index (κ2) is 7.72. The Balaban J connectivity index is 1.49. The first kappa shape index (κ1) is 18.0. The zero-order valence-electron chi connectivity index (χ0n) is 16.1. The van der Waals surface area contributed by atoms with E-state index in [4.69, 9.17) is 4.74 Å². The van der Waals surface area contributed by atoms with E-state index in [-0.39, 0.29) is 18.0 Å². The molecular formula is C21H28N4O2. The van der Waals surface area contributed by atoms with Crippen molar-refractivity contribution in [3.63, 3.8) is 0 Å². The number of aromatic nitrogens is 2. The molecule has 6 nitrogen and oxygen atoms in total. The lowest BCUT2D eigenvalue weighted by Crippen LogP contribution is -2.52. The van der Waals surface area contributed by atoms with Crippen molar-refractivity contribution in [1.29, 1.82) is 0 Å². The van der Waals surface area contributed by atoms with E-state index in [1.165, 1.54) is 11.1 Å². The fourth-order valence-electron chi connectivity index (χ4n) is 4.31. The first-order valence-electron chi connectivity index (χ1n) is 9.90. The van der Waals surface area contributed by atoms with Gasteiger partial charge in [0.15, 0.2) is 0 Å². The minimum Gasteiger partial charge on any atom is -0.497 e. The van der Waals surface area contributed by atoms with Crippen molar-refractivity contribution >= 4 is 5.91 Å². The molecule has 1 amide bonds. The minimum absolute atomic E-state index is 0.0155. The SMILES string of the molecule is CCn1cc([C@@H]2NC(=O)CC[C@H]2NC2CCc3ccc(OC)cc3C2)cn1. The fourth-order valence-corrected chi connectivity index (χ4v) is 4.31. The lowest BCUT2D eigenvalue weighted by atomic mass is 9.86. The number of hydrogen-bond acceptors (Lipinski definition) is 4. The molecule has 0 radical (unpaired) electrons. The summed E-state index contributed by atoms with van der Waals surface area (Å²) < 4.78 is 7.30. The molecule has 3 atom stereocenters. The maximum absolute atomic E-state index is 12.0. The van der Waals surface area contributed by atoms with E-state index >= 15 is 0 Å². The Morgan fingerprint density at radius 3 is 2.96 bits per heavy atom. The van der Waals surface area contributed by atoms with Crippen molar-refractivity contribution in [3.8, 4) is 5.75 Å². The van der Waals surface area contributed by atoms with Crippen LogP contribution >= 0.6 is 0 Å². The number of fused-ring (bicyclic) bond motifs is 1. The summed E-state index contributed by atoms with van der Waals surface area (Å²) >= 11 is 0. The number of carbonyl (C=O) groups is 1. The topological polar surface area (TPSA) is 68.2 Å². The van der Waals surface area contributed by atoms with Crippen LogP contribution in [0.5, 0.6) is 5.75 Å². The molecule has 27 heavy (non-hydrogen) atoms. The van der Waals surface area contributed by atoms with Crippen molar-refractivity contribution in [2.75, 3.05) is 7.11 Å². The van der Waals surface area contributed by atoms with Gasteiger partial charge < -0.3 is 15.4 Å². The van der Waals surface area contributed by atoms with Crippen LogP contribution in [0.15, 0.2) is 30.6 Å². The van der Waals surface area contributed by atoms with Crippen LogP contribution in [-0.4, -0.2) is 34.9 Å². The van der Waals surface area contributed by atoms with Gasteiger partial charge in [-0.2, -0.15) is 5.10 Å². The molecule has 1 aliphatic carbocycles. The van der Waals surface area contributed by atoms with Crippen molar-refractivity contribution in [2.24, 2.45) is 0 Å². The average molecular weight is 368 g/mol. The van der Waals surface area contributed by atoms with Gasteiger partial charge in [0.05, 0.1) is 19.3 Å². The summed E-state index contributed by atoms with van der Waals surface area (Å²) in [7, 11) is 1.71. The maximum Gasteiger partial charge on any atom is 0.220 e. The number of ether oxygens (including phenoxy) is 1. The minimum atomic E-state index is -0.0155. The highest BCUT2D eigenvalue weighted by atomic mass is 16.5. The van der Waals surface area contributed by atoms with Crippen LogP contribution in [0.4, 0.5) is 0 Å². The van der Waals surface area contributed by atoms with Gasteiger partial charge in [0.25, 0.3) is 0 Å². The Morgan fingerprint density at radius 2 is 2.19 bits per heavy atom. The van der Waals surface area contributed by atoms with E-state index in [1.54, 1.807) is 7.11 Å². The Bertz CT molecular complexity index is 816. The number of hydrogen-bond donors (Lipinski definition) is 2. The molecule has 1 saturated heterocycles. The largest absolute Gasteiger partial charge is 0.497 e. The molecule has 1 aliphatic heterocycles.